The summed E-state index contributed by atoms with van der Waals surface area (Å²) in [6, 6.07) is 12.2. The quantitative estimate of drug-likeness (QED) is 0.620. The molecule has 0 aliphatic carbocycles. The lowest BCUT2D eigenvalue weighted by molar-refractivity contribution is -0.385. The zero-order chi connectivity index (χ0) is 13.7. The van der Waals surface area contributed by atoms with Gasteiger partial charge in [0.25, 0.3) is 5.69 Å². The number of pyridine rings is 1. The molecule has 0 atom stereocenters. The van der Waals surface area contributed by atoms with Crippen LogP contribution in [0.1, 0.15) is 16.8 Å². The zero-order valence-electron chi connectivity index (χ0n) is 9.85. The molecule has 0 bridgehead atoms. The molecule has 2 aromatic rings. The van der Waals surface area contributed by atoms with Gasteiger partial charge in [-0.25, -0.2) is 4.98 Å². The molecule has 1 aromatic heterocycles. The molecule has 0 radical (unpaired) electrons. The summed E-state index contributed by atoms with van der Waals surface area (Å²) in [6.45, 7) is 0. The average Bonchev–Trinajstić information content (AvgIpc) is 2.45. The summed E-state index contributed by atoms with van der Waals surface area (Å²) in [7, 11) is 0. The van der Waals surface area contributed by atoms with Gasteiger partial charge in [-0.2, -0.15) is 5.26 Å². The highest BCUT2D eigenvalue weighted by atomic mass is 16.6. The van der Waals surface area contributed by atoms with Crippen LogP contribution < -0.4 is 0 Å². The van der Waals surface area contributed by atoms with Crippen molar-refractivity contribution in [2.24, 2.45) is 0 Å². The van der Waals surface area contributed by atoms with E-state index in [0.717, 1.165) is 5.56 Å². The van der Waals surface area contributed by atoms with Crippen molar-refractivity contribution in [1.29, 1.82) is 5.26 Å². The Balaban J connectivity index is 2.23. The van der Waals surface area contributed by atoms with Crippen LogP contribution >= 0.6 is 0 Å². The lowest BCUT2D eigenvalue weighted by Gasteiger charge is -1.96. The van der Waals surface area contributed by atoms with Crippen molar-refractivity contribution in [3.8, 4) is 6.07 Å². The smallest absolute Gasteiger partial charge is 0.258 e. The first kappa shape index (κ1) is 12.5. The Labute approximate surface area is 109 Å². The molecule has 0 spiro atoms. The van der Waals surface area contributed by atoms with Crippen molar-refractivity contribution < 1.29 is 4.92 Å². The normalized spacial score (nSPS) is 10.3. The summed E-state index contributed by atoms with van der Waals surface area (Å²) in [6.07, 6.45) is 4.67. The van der Waals surface area contributed by atoms with E-state index in [1.54, 1.807) is 30.4 Å². The van der Waals surface area contributed by atoms with Crippen molar-refractivity contribution in [3.05, 3.63) is 69.5 Å². The van der Waals surface area contributed by atoms with E-state index in [-0.39, 0.29) is 5.69 Å². The number of benzene rings is 1. The molecule has 0 fully saturated rings. The average molecular weight is 251 g/mol. The predicted molar refractivity (Wildman–Crippen MR) is 71.0 cm³/mol. The first-order valence-corrected chi connectivity index (χ1v) is 5.48. The fraction of sp³-hybridized carbons (Fsp3) is 0. The Morgan fingerprint density at radius 1 is 1.21 bits per heavy atom. The van der Waals surface area contributed by atoms with Crippen molar-refractivity contribution in [2.75, 3.05) is 0 Å². The SMILES string of the molecule is N#Cc1ccccc1C=Cc1ccc([N+](=O)[O-])cn1. The molecular formula is C14H9N3O2. The van der Waals surface area contributed by atoms with Crippen LogP contribution in [0.2, 0.25) is 0 Å². The Morgan fingerprint density at radius 2 is 2.00 bits per heavy atom. The van der Waals surface area contributed by atoms with E-state index in [9.17, 15) is 10.1 Å². The van der Waals surface area contributed by atoms with Crippen molar-refractivity contribution in [3.63, 3.8) is 0 Å². The van der Waals surface area contributed by atoms with Gasteiger partial charge in [0.1, 0.15) is 6.20 Å². The Morgan fingerprint density at radius 3 is 2.63 bits per heavy atom. The fourth-order valence-electron chi connectivity index (χ4n) is 1.52. The predicted octanol–water partition coefficient (Wildman–Crippen LogP) is 3.03. The largest absolute Gasteiger partial charge is 0.287 e. The third-order valence-corrected chi connectivity index (χ3v) is 2.50. The highest BCUT2D eigenvalue weighted by Gasteiger charge is 2.03. The maximum Gasteiger partial charge on any atom is 0.287 e. The summed E-state index contributed by atoms with van der Waals surface area (Å²) in [5.41, 5.74) is 1.90. The number of nitriles is 1. The van der Waals surface area contributed by atoms with Gasteiger partial charge in [0, 0.05) is 6.07 Å². The second kappa shape index (κ2) is 5.56. The second-order valence-corrected chi connectivity index (χ2v) is 3.73. The molecule has 0 saturated heterocycles. The second-order valence-electron chi connectivity index (χ2n) is 3.73. The third-order valence-electron chi connectivity index (χ3n) is 2.50. The topological polar surface area (TPSA) is 79.8 Å². The van der Waals surface area contributed by atoms with Gasteiger partial charge in [0.05, 0.1) is 22.2 Å². The molecule has 1 aromatic carbocycles. The molecule has 0 saturated carbocycles. The van der Waals surface area contributed by atoms with E-state index in [1.165, 1.54) is 12.3 Å². The fourth-order valence-corrected chi connectivity index (χ4v) is 1.52. The van der Waals surface area contributed by atoms with Gasteiger partial charge in [-0.05, 0) is 23.8 Å². The van der Waals surface area contributed by atoms with Crippen LogP contribution in [0.4, 0.5) is 5.69 Å². The molecule has 0 N–H and O–H groups in total. The van der Waals surface area contributed by atoms with Gasteiger partial charge < -0.3 is 0 Å². The zero-order valence-corrected chi connectivity index (χ0v) is 9.85. The Bertz CT molecular complexity index is 670. The Kier molecular flexibility index (Phi) is 3.64. The minimum Gasteiger partial charge on any atom is -0.258 e. The van der Waals surface area contributed by atoms with Gasteiger partial charge >= 0.3 is 0 Å². The first-order valence-electron chi connectivity index (χ1n) is 5.48. The maximum atomic E-state index is 10.5. The molecule has 5 heteroatoms. The van der Waals surface area contributed by atoms with E-state index >= 15 is 0 Å². The minimum absolute atomic E-state index is 0.0467. The lowest BCUT2D eigenvalue weighted by Crippen LogP contribution is -1.89. The number of nitrogens with zero attached hydrogens (tertiary/aromatic N) is 3. The molecule has 1 heterocycles. The van der Waals surface area contributed by atoms with Gasteiger partial charge in [-0.3, -0.25) is 10.1 Å². The molecular weight excluding hydrogens is 242 g/mol. The molecule has 0 aliphatic rings. The van der Waals surface area contributed by atoms with Crippen LogP contribution in [0.3, 0.4) is 0 Å². The third kappa shape index (κ3) is 3.01. The molecule has 0 unspecified atom stereocenters. The molecule has 92 valence electrons. The monoisotopic (exact) mass is 251 g/mol. The van der Waals surface area contributed by atoms with Gasteiger partial charge in [-0.15, -0.1) is 0 Å². The van der Waals surface area contributed by atoms with Crippen LogP contribution in [0.15, 0.2) is 42.6 Å². The van der Waals surface area contributed by atoms with Crippen molar-refractivity contribution in [2.45, 2.75) is 0 Å². The standard InChI is InChI=1S/C14H9N3O2/c15-9-12-4-2-1-3-11(12)5-6-13-7-8-14(10-16-13)17(18)19/h1-8,10H. The van der Waals surface area contributed by atoms with E-state index in [1.807, 2.05) is 12.1 Å². The first-order chi connectivity index (χ1) is 9.20. The van der Waals surface area contributed by atoms with E-state index in [0.29, 0.717) is 11.3 Å². The lowest BCUT2D eigenvalue weighted by atomic mass is 10.1. The summed E-state index contributed by atoms with van der Waals surface area (Å²) in [5.74, 6) is 0. The summed E-state index contributed by atoms with van der Waals surface area (Å²) in [4.78, 5) is 14.0. The molecule has 2 rings (SSSR count). The van der Waals surface area contributed by atoms with Crippen LogP contribution in [0, 0.1) is 21.4 Å². The molecule has 19 heavy (non-hydrogen) atoms. The number of aromatic nitrogens is 1. The minimum atomic E-state index is -0.495. The number of hydrogen-bond acceptors (Lipinski definition) is 4. The molecule has 5 nitrogen and oxygen atoms in total. The van der Waals surface area contributed by atoms with Crippen molar-refractivity contribution in [1.82, 2.24) is 4.98 Å². The van der Waals surface area contributed by atoms with E-state index in [2.05, 4.69) is 11.1 Å². The van der Waals surface area contributed by atoms with Gasteiger partial charge in [0.15, 0.2) is 0 Å². The molecule has 0 aliphatic heterocycles. The number of rotatable bonds is 3. The van der Waals surface area contributed by atoms with Crippen molar-refractivity contribution >= 4 is 17.8 Å². The Hall–Kier alpha value is -3.00. The number of nitro groups is 1. The van der Waals surface area contributed by atoms with Crippen LogP contribution in [0.5, 0.6) is 0 Å². The molecule has 0 amide bonds. The summed E-state index contributed by atoms with van der Waals surface area (Å²) < 4.78 is 0. The summed E-state index contributed by atoms with van der Waals surface area (Å²) >= 11 is 0. The van der Waals surface area contributed by atoms with E-state index < -0.39 is 4.92 Å². The van der Waals surface area contributed by atoms with E-state index in [4.69, 9.17) is 5.26 Å². The maximum absolute atomic E-state index is 10.5. The summed E-state index contributed by atoms with van der Waals surface area (Å²) in [5, 5.41) is 19.4. The highest BCUT2D eigenvalue weighted by molar-refractivity contribution is 5.71. The number of hydrogen-bond donors (Lipinski definition) is 0. The highest BCUT2D eigenvalue weighted by Crippen LogP contribution is 2.13. The van der Waals surface area contributed by atoms with Gasteiger partial charge in [-0.1, -0.05) is 24.3 Å². The van der Waals surface area contributed by atoms with Crippen LogP contribution in [-0.4, -0.2) is 9.91 Å². The van der Waals surface area contributed by atoms with Crippen LogP contribution in [0.25, 0.3) is 12.2 Å². The van der Waals surface area contributed by atoms with Gasteiger partial charge in [0.2, 0.25) is 0 Å². The van der Waals surface area contributed by atoms with Crippen LogP contribution in [-0.2, 0) is 0 Å².